The predicted octanol–water partition coefficient (Wildman–Crippen LogP) is 3.69. The fourth-order valence-electron chi connectivity index (χ4n) is 2.54. The van der Waals surface area contributed by atoms with E-state index in [2.05, 4.69) is 15.6 Å². The van der Waals surface area contributed by atoms with Gasteiger partial charge < -0.3 is 10.6 Å². The SMILES string of the molecule is CCCNC(=O)c1nc(C(=O)Nc2ccc(C)c(Cl)c2)n2ccccc12. The van der Waals surface area contributed by atoms with Crippen molar-refractivity contribution in [2.75, 3.05) is 11.9 Å². The monoisotopic (exact) mass is 370 g/mol. The Morgan fingerprint density at radius 1 is 1.19 bits per heavy atom. The summed E-state index contributed by atoms with van der Waals surface area (Å²) in [7, 11) is 0. The second-order valence-electron chi connectivity index (χ2n) is 5.91. The topological polar surface area (TPSA) is 75.5 Å². The normalized spacial score (nSPS) is 10.7. The summed E-state index contributed by atoms with van der Waals surface area (Å²) in [6, 6.07) is 10.6. The first-order valence-corrected chi connectivity index (χ1v) is 8.72. The number of amides is 2. The summed E-state index contributed by atoms with van der Waals surface area (Å²) >= 11 is 6.11. The summed E-state index contributed by atoms with van der Waals surface area (Å²) in [6.45, 7) is 4.41. The number of anilines is 1. The Morgan fingerprint density at radius 3 is 2.73 bits per heavy atom. The van der Waals surface area contributed by atoms with Crippen LogP contribution in [0, 0.1) is 6.92 Å². The molecular weight excluding hydrogens is 352 g/mol. The van der Waals surface area contributed by atoms with Crippen LogP contribution in [0.2, 0.25) is 5.02 Å². The molecule has 0 aliphatic rings. The Hall–Kier alpha value is -2.86. The number of carbonyl (C=O) groups is 2. The van der Waals surface area contributed by atoms with E-state index in [4.69, 9.17) is 11.6 Å². The number of hydrogen-bond donors (Lipinski definition) is 2. The van der Waals surface area contributed by atoms with Gasteiger partial charge in [0.25, 0.3) is 11.8 Å². The first kappa shape index (κ1) is 17.9. The molecule has 0 aliphatic heterocycles. The molecule has 0 spiro atoms. The van der Waals surface area contributed by atoms with Crippen molar-refractivity contribution in [3.8, 4) is 0 Å². The second-order valence-corrected chi connectivity index (χ2v) is 6.32. The van der Waals surface area contributed by atoms with Crippen molar-refractivity contribution in [2.24, 2.45) is 0 Å². The fourth-order valence-corrected chi connectivity index (χ4v) is 2.73. The molecule has 0 fully saturated rings. The van der Waals surface area contributed by atoms with E-state index in [9.17, 15) is 9.59 Å². The first-order chi connectivity index (χ1) is 12.5. The molecule has 0 unspecified atom stereocenters. The number of imidazole rings is 1. The summed E-state index contributed by atoms with van der Waals surface area (Å²) in [5.41, 5.74) is 2.29. The standard InChI is InChI=1S/C19H19ClN4O2/c1-3-9-21-18(25)16-15-6-4-5-10-24(15)17(23-16)19(26)22-13-8-7-12(2)14(20)11-13/h4-8,10-11H,3,9H2,1-2H3,(H,21,25)(H,22,26). The molecule has 2 aromatic heterocycles. The molecule has 1 aromatic carbocycles. The minimum Gasteiger partial charge on any atom is -0.351 e. The molecule has 0 saturated heterocycles. The van der Waals surface area contributed by atoms with Gasteiger partial charge in [-0.25, -0.2) is 4.98 Å². The van der Waals surface area contributed by atoms with Gasteiger partial charge in [-0.1, -0.05) is 30.7 Å². The van der Waals surface area contributed by atoms with Crippen LogP contribution < -0.4 is 10.6 Å². The maximum absolute atomic E-state index is 12.7. The number of nitrogens with zero attached hydrogens (tertiary/aromatic N) is 2. The van der Waals surface area contributed by atoms with E-state index in [1.807, 2.05) is 19.9 Å². The number of carbonyl (C=O) groups excluding carboxylic acids is 2. The van der Waals surface area contributed by atoms with E-state index in [0.29, 0.717) is 22.8 Å². The first-order valence-electron chi connectivity index (χ1n) is 8.34. The summed E-state index contributed by atoms with van der Waals surface area (Å²) in [5.74, 6) is -0.576. The number of aromatic nitrogens is 2. The van der Waals surface area contributed by atoms with Crippen molar-refractivity contribution in [2.45, 2.75) is 20.3 Å². The minimum atomic E-state index is -0.416. The summed E-state index contributed by atoms with van der Waals surface area (Å²) in [5, 5.41) is 6.13. The van der Waals surface area contributed by atoms with Gasteiger partial charge in [0, 0.05) is 23.5 Å². The van der Waals surface area contributed by atoms with Crippen molar-refractivity contribution < 1.29 is 9.59 Å². The Morgan fingerprint density at radius 2 is 2.00 bits per heavy atom. The highest BCUT2D eigenvalue weighted by molar-refractivity contribution is 6.31. The van der Waals surface area contributed by atoms with Gasteiger partial charge in [0.05, 0.1) is 5.52 Å². The van der Waals surface area contributed by atoms with Gasteiger partial charge >= 0.3 is 0 Å². The van der Waals surface area contributed by atoms with Crippen LogP contribution in [0.1, 0.15) is 40.0 Å². The molecule has 26 heavy (non-hydrogen) atoms. The molecule has 7 heteroatoms. The Balaban J connectivity index is 1.95. The Kier molecular flexibility index (Phi) is 5.23. The number of nitrogens with one attached hydrogen (secondary N) is 2. The molecule has 3 rings (SSSR count). The molecule has 3 aromatic rings. The van der Waals surface area contributed by atoms with E-state index in [1.54, 1.807) is 40.9 Å². The lowest BCUT2D eigenvalue weighted by atomic mass is 10.2. The molecule has 2 amide bonds. The molecule has 0 saturated carbocycles. The van der Waals surface area contributed by atoms with Crippen LogP contribution in [-0.2, 0) is 0 Å². The van der Waals surface area contributed by atoms with Crippen LogP contribution in [-0.4, -0.2) is 27.7 Å². The molecule has 6 nitrogen and oxygen atoms in total. The minimum absolute atomic E-state index is 0.138. The van der Waals surface area contributed by atoms with E-state index in [1.165, 1.54) is 0 Å². The zero-order valence-corrected chi connectivity index (χ0v) is 15.3. The van der Waals surface area contributed by atoms with Crippen LogP contribution in [0.4, 0.5) is 5.69 Å². The third-order valence-electron chi connectivity index (χ3n) is 3.93. The van der Waals surface area contributed by atoms with Gasteiger partial charge in [-0.2, -0.15) is 0 Å². The summed E-state index contributed by atoms with van der Waals surface area (Å²) in [6.07, 6.45) is 2.52. The number of aryl methyl sites for hydroxylation is 1. The predicted molar refractivity (Wildman–Crippen MR) is 102 cm³/mol. The van der Waals surface area contributed by atoms with E-state index >= 15 is 0 Å². The van der Waals surface area contributed by atoms with Gasteiger partial charge in [-0.3, -0.25) is 14.0 Å². The highest BCUT2D eigenvalue weighted by Crippen LogP contribution is 2.21. The van der Waals surface area contributed by atoms with Crippen LogP contribution in [0.25, 0.3) is 5.52 Å². The van der Waals surface area contributed by atoms with Crippen LogP contribution in [0.5, 0.6) is 0 Å². The van der Waals surface area contributed by atoms with Gasteiger partial charge in [0.2, 0.25) is 5.82 Å². The molecular formula is C19H19ClN4O2. The molecule has 2 N–H and O–H groups in total. The Labute approximate surface area is 156 Å². The van der Waals surface area contributed by atoms with Gasteiger partial charge in [0.15, 0.2) is 5.69 Å². The largest absolute Gasteiger partial charge is 0.351 e. The molecule has 134 valence electrons. The number of pyridine rings is 1. The van der Waals surface area contributed by atoms with Gasteiger partial charge in [-0.15, -0.1) is 0 Å². The number of rotatable bonds is 5. The molecule has 2 heterocycles. The van der Waals surface area contributed by atoms with E-state index < -0.39 is 5.91 Å². The maximum atomic E-state index is 12.7. The quantitative estimate of drug-likeness (QED) is 0.719. The van der Waals surface area contributed by atoms with Crippen molar-refractivity contribution in [3.05, 3.63) is 64.7 Å². The zero-order chi connectivity index (χ0) is 18.7. The van der Waals surface area contributed by atoms with E-state index in [-0.39, 0.29) is 17.4 Å². The highest BCUT2D eigenvalue weighted by atomic mass is 35.5. The average Bonchev–Trinajstić information content (AvgIpc) is 3.03. The highest BCUT2D eigenvalue weighted by Gasteiger charge is 2.21. The molecule has 0 atom stereocenters. The lowest BCUT2D eigenvalue weighted by Gasteiger charge is -2.06. The van der Waals surface area contributed by atoms with Crippen LogP contribution in [0.3, 0.4) is 0 Å². The number of halogens is 1. The average molecular weight is 371 g/mol. The summed E-state index contributed by atoms with van der Waals surface area (Å²) < 4.78 is 1.60. The van der Waals surface area contributed by atoms with Crippen molar-refractivity contribution >= 4 is 34.6 Å². The smallest absolute Gasteiger partial charge is 0.292 e. The van der Waals surface area contributed by atoms with E-state index in [0.717, 1.165) is 12.0 Å². The maximum Gasteiger partial charge on any atom is 0.292 e. The van der Waals surface area contributed by atoms with Gasteiger partial charge in [-0.05, 0) is 43.2 Å². The van der Waals surface area contributed by atoms with Crippen molar-refractivity contribution in [3.63, 3.8) is 0 Å². The lowest BCUT2D eigenvalue weighted by molar-refractivity contribution is 0.0951. The van der Waals surface area contributed by atoms with Crippen molar-refractivity contribution in [1.82, 2.24) is 14.7 Å². The van der Waals surface area contributed by atoms with Gasteiger partial charge in [0.1, 0.15) is 0 Å². The van der Waals surface area contributed by atoms with Crippen molar-refractivity contribution in [1.29, 1.82) is 0 Å². The summed E-state index contributed by atoms with van der Waals surface area (Å²) in [4.78, 5) is 29.3. The second kappa shape index (κ2) is 7.58. The number of benzene rings is 1. The lowest BCUT2D eigenvalue weighted by Crippen LogP contribution is -2.24. The Bertz CT molecular complexity index is 981. The number of hydrogen-bond acceptors (Lipinski definition) is 3. The number of fused-ring (bicyclic) bond motifs is 1. The molecule has 0 bridgehead atoms. The van der Waals surface area contributed by atoms with Crippen LogP contribution >= 0.6 is 11.6 Å². The third kappa shape index (κ3) is 3.55. The molecule has 0 radical (unpaired) electrons. The van der Waals surface area contributed by atoms with Crippen LogP contribution in [0.15, 0.2) is 42.6 Å². The zero-order valence-electron chi connectivity index (χ0n) is 14.5. The third-order valence-corrected chi connectivity index (χ3v) is 4.34. The molecule has 0 aliphatic carbocycles. The fraction of sp³-hybridized carbons (Fsp3) is 0.211.